The van der Waals surface area contributed by atoms with Crippen LogP contribution in [-0.4, -0.2) is 25.4 Å². The monoisotopic (exact) mass is 349 g/mol. The number of nitrogens with one attached hydrogen (secondary N) is 2. The molecule has 1 heterocycles. The molecule has 1 aliphatic rings. The summed E-state index contributed by atoms with van der Waals surface area (Å²) in [5.41, 5.74) is 0.623. The van der Waals surface area contributed by atoms with Crippen LogP contribution in [0.15, 0.2) is 41.4 Å². The molecule has 126 valence electrons. The fourth-order valence-corrected chi connectivity index (χ4v) is 3.78. The van der Waals surface area contributed by atoms with Crippen molar-refractivity contribution in [2.75, 3.05) is 5.32 Å². The van der Waals surface area contributed by atoms with E-state index in [0.717, 1.165) is 12.8 Å². The summed E-state index contributed by atoms with van der Waals surface area (Å²) >= 11 is 0. The van der Waals surface area contributed by atoms with Crippen LogP contribution in [0.2, 0.25) is 0 Å². The lowest BCUT2D eigenvalue weighted by Gasteiger charge is -2.11. The van der Waals surface area contributed by atoms with E-state index in [0.29, 0.717) is 5.56 Å². The van der Waals surface area contributed by atoms with Crippen molar-refractivity contribution in [3.63, 3.8) is 0 Å². The molecule has 6 nitrogen and oxygen atoms in total. The molecule has 0 radical (unpaired) electrons. The van der Waals surface area contributed by atoms with Crippen LogP contribution < -0.4 is 10.0 Å². The minimum Gasteiger partial charge on any atom is -0.322 e. The van der Waals surface area contributed by atoms with E-state index in [4.69, 9.17) is 0 Å². The molecule has 0 atom stereocenters. The SMILES string of the molecule is Cc1ccc(NC(=O)c2cccnc2F)cc1S(=O)(=O)NC1CC1. The number of pyridine rings is 1. The van der Waals surface area contributed by atoms with Gasteiger partial charge in [-0.2, -0.15) is 4.39 Å². The number of hydrogen-bond donors (Lipinski definition) is 2. The molecule has 3 rings (SSSR count). The van der Waals surface area contributed by atoms with E-state index in [1.807, 2.05) is 0 Å². The first-order valence-corrected chi connectivity index (χ1v) is 8.90. The van der Waals surface area contributed by atoms with Gasteiger partial charge in [0.1, 0.15) is 0 Å². The topological polar surface area (TPSA) is 88.2 Å². The number of nitrogens with zero attached hydrogens (tertiary/aromatic N) is 1. The lowest BCUT2D eigenvalue weighted by atomic mass is 10.2. The van der Waals surface area contributed by atoms with Crippen LogP contribution >= 0.6 is 0 Å². The van der Waals surface area contributed by atoms with E-state index in [-0.39, 0.29) is 22.2 Å². The largest absolute Gasteiger partial charge is 0.322 e. The molecular weight excluding hydrogens is 333 g/mol. The quantitative estimate of drug-likeness (QED) is 0.810. The summed E-state index contributed by atoms with van der Waals surface area (Å²) in [5.74, 6) is -1.58. The molecule has 0 saturated heterocycles. The zero-order chi connectivity index (χ0) is 17.3. The zero-order valence-electron chi connectivity index (χ0n) is 12.9. The normalized spacial score (nSPS) is 14.4. The van der Waals surface area contributed by atoms with Crippen molar-refractivity contribution in [2.45, 2.75) is 30.7 Å². The Morgan fingerprint density at radius 2 is 2.04 bits per heavy atom. The number of amides is 1. The van der Waals surface area contributed by atoms with Crippen molar-refractivity contribution in [3.8, 4) is 0 Å². The number of halogens is 1. The third-order valence-corrected chi connectivity index (χ3v) is 5.30. The van der Waals surface area contributed by atoms with E-state index >= 15 is 0 Å². The maximum absolute atomic E-state index is 13.5. The standard InChI is InChI=1S/C16H16FN3O3S/c1-10-4-5-12(9-14(10)24(22,23)20-11-6-7-11)19-16(21)13-3-2-8-18-15(13)17/h2-5,8-9,11,20H,6-7H2,1H3,(H,19,21). The van der Waals surface area contributed by atoms with Gasteiger partial charge in [-0.15, -0.1) is 0 Å². The van der Waals surface area contributed by atoms with E-state index in [2.05, 4.69) is 15.0 Å². The first-order chi connectivity index (χ1) is 11.4. The molecule has 2 N–H and O–H groups in total. The summed E-state index contributed by atoms with van der Waals surface area (Å²) in [7, 11) is -3.65. The predicted octanol–water partition coefficient (Wildman–Crippen LogP) is 2.22. The molecule has 2 aromatic rings. The van der Waals surface area contributed by atoms with Gasteiger partial charge in [-0.1, -0.05) is 6.07 Å². The molecule has 1 aromatic carbocycles. The number of hydrogen-bond acceptors (Lipinski definition) is 4. The lowest BCUT2D eigenvalue weighted by Crippen LogP contribution is -2.26. The van der Waals surface area contributed by atoms with Crippen LogP contribution in [0.4, 0.5) is 10.1 Å². The van der Waals surface area contributed by atoms with Crippen LogP contribution in [0.1, 0.15) is 28.8 Å². The Morgan fingerprint density at radius 1 is 1.29 bits per heavy atom. The average molecular weight is 349 g/mol. The second kappa shape index (κ2) is 6.29. The van der Waals surface area contributed by atoms with Crippen molar-refractivity contribution in [3.05, 3.63) is 53.6 Å². The fourth-order valence-electron chi connectivity index (χ4n) is 2.21. The highest BCUT2D eigenvalue weighted by molar-refractivity contribution is 7.89. The number of carbonyl (C=O) groups is 1. The van der Waals surface area contributed by atoms with Gasteiger partial charge in [0.05, 0.1) is 10.5 Å². The molecule has 8 heteroatoms. The number of aromatic nitrogens is 1. The molecule has 1 fully saturated rings. The minimum atomic E-state index is -3.65. The highest BCUT2D eigenvalue weighted by Gasteiger charge is 2.29. The van der Waals surface area contributed by atoms with Gasteiger partial charge in [0.25, 0.3) is 5.91 Å². The van der Waals surface area contributed by atoms with E-state index < -0.39 is 21.9 Å². The van der Waals surface area contributed by atoms with Gasteiger partial charge < -0.3 is 5.32 Å². The van der Waals surface area contributed by atoms with Crippen LogP contribution in [0.3, 0.4) is 0 Å². The summed E-state index contributed by atoms with van der Waals surface area (Å²) in [6.45, 7) is 1.67. The number of anilines is 1. The highest BCUT2D eigenvalue weighted by Crippen LogP contribution is 2.25. The molecule has 24 heavy (non-hydrogen) atoms. The number of benzene rings is 1. The van der Waals surface area contributed by atoms with E-state index in [1.165, 1.54) is 24.4 Å². The summed E-state index contributed by atoms with van der Waals surface area (Å²) in [4.78, 5) is 15.6. The smallest absolute Gasteiger partial charge is 0.260 e. The highest BCUT2D eigenvalue weighted by atomic mass is 32.2. The van der Waals surface area contributed by atoms with Gasteiger partial charge in [0.2, 0.25) is 16.0 Å². The molecule has 0 unspecified atom stereocenters. The third kappa shape index (κ3) is 3.60. The first-order valence-electron chi connectivity index (χ1n) is 7.42. The Morgan fingerprint density at radius 3 is 2.71 bits per heavy atom. The van der Waals surface area contributed by atoms with Crippen LogP contribution in [0, 0.1) is 12.9 Å². The maximum atomic E-state index is 13.5. The molecular formula is C16H16FN3O3S. The Labute approximate surface area is 139 Å². The fraction of sp³-hybridized carbons (Fsp3) is 0.250. The Bertz CT molecular complexity index is 895. The summed E-state index contributed by atoms with van der Waals surface area (Å²) < 4.78 is 40.9. The van der Waals surface area contributed by atoms with Gasteiger partial charge in [-0.25, -0.2) is 18.1 Å². The van der Waals surface area contributed by atoms with E-state index in [9.17, 15) is 17.6 Å². The van der Waals surface area contributed by atoms with Gasteiger partial charge in [-0.3, -0.25) is 4.79 Å². The predicted molar refractivity (Wildman–Crippen MR) is 86.7 cm³/mol. The summed E-state index contributed by atoms with van der Waals surface area (Å²) in [5, 5.41) is 2.50. The Balaban J connectivity index is 1.86. The number of sulfonamides is 1. The van der Waals surface area contributed by atoms with Gasteiger partial charge in [0, 0.05) is 17.9 Å². The van der Waals surface area contributed by atoms with Crippen LogP contribution in [0.25, 0.3) is 0 Å². The Hall–Kier alpha value is -2.32. The van der Waals surface area contributed by atoms with E-state index in [1.54, 1.807) is 19.1 Å². The number of aryl methyl sites for hydroxylation is 1. The molecule has 0 bridgehead atoms. The summed E-state index contributed by atoms with van der Waals surface area (Å²) in [6.07, 6.45) is 2.90. The molecule has 1 amide bonds. The Kier molecular flexibility index (Phi) is 4.33. The third-order valence-electron chi connectivity index (χ3n) is 3.64. The van der Waals surface area contributed by atoms with Crippen molar-refractivity contribution in [2.24, 2.45) is 0 Å². The van der Waals surface area contributed by atoms with Gasteiger partial charge >= 0.3 is 0 Å². The minimum absolute atomic E-state index is 0.0165. The van der Waals surface area contributed by atoms with Crippen molar-refractivity contribution in [1.29, 1.82) is 0 Å². The molecule has 0 aliphatic heterocycles. The second-order valence-electron chi connectivity index (χ2n) is 5.67. The van der Waals surface area contributed by atoms with Crippen molar-refractivity contribution >= 4 is 21.6 Å². The average Bonchev–Trinajstić information content (AvgIpc) is 3.32. The molecule has 1 aromatic heterocycles. The molecule has 1 saturated carbocycles. The maximum Gasteiger partial charge on any atom is 0.260 e. The molecule has 0 spiro atoms. The molecule has 1 aliphatic carbocycles. The van der Waals surface area contributed by atoms with Crippen LogP contribution in [0.5, 0.6) is 0 Å². The number of rotatable bonds is 5. The summed E-state index contributed by atoms with van der Waals surface area (Å²) in [6, 6.07) is 7.26. The lowest BCUT2D eigenvalue weighted by molar-refractivity contribution is 0.102. The first kappa shape index (κ1) is 16.5. The van der Waals surface area contributed by atoms with Crippen molar-refractivity contribution < 1.29 is 17.6 Å². The van der Waals surface area contributed by atoms with Gasteiger partial charge in [-0.05, 0) is 49.6 Å². The van der Waals surface area contributed by atoms with Gasteiger partial charge in [0.15, 0.2) is 0 Å². The van der Waals surface area contributed by atoms with Crippen LogP contribution in [-0.2, 0) is 10.0 Å². The second-order valence-corrected chi connectivity index (χ2v) is 7.35. The van der Waals surface area contributed by atoms with Crippen molar-refractivity contribution in [1.82, 2.24) is 9.71 Å². The number of carbonyl (C=O) groups excluding carboxylic acids is 1. The zero-order valence-corrected chi connectivity index (χ0v) is 13.7.